The molecule has 4 rings (SSSR count). The van der Waals surface area contributed by atoms with Gasteiger partial charge in [0.1, 0.15) is 24.7 Å². The third-order valence-corrected chi connectivity index (χ3v) is 4.75. The fourth-order valence-electron chi connectivity index (χ4n) is 3.11. The summed E-state index contributed by atoms with van der Waals surface area (Å²) in [5, 5.41) is 9.77. The topological polar surface area (TPSA) is 91.0 Å². The number of benzene rings is 2. The summed E-state index contributed by atoms with van der Waals surface area (Å²) in [4.78, 5) is 15.1. The van der Waals surface area contributed by atoms with Gasteiger partial charge >= 0.3 is 5.97 Å². The molecular formula is C21H18ClNO6. The zero-order chi connectivity index (χ0) is 20.2. The van der Waals surface area contributed by atoms with Crippen molar-refractivity contribution in [3.8, 4) is 17.2 Å². The molecule has 2 atom stereocenters. The van der Waals surface area contributed by atoms with Crippen LogP contribution in [0.1, 0.15) is 23.7 Å². The van der Waals surface area contributed by atoms with Gasteiger partial charge in [-0.3, -0.25) is 4.79 Å². The van der Waals surface area contributed by atoms with Crippen LogP contribution in [0.15, 0.2) is 59.5 Å². The van der Waals surface area contributed by atoms with Crippen LogP contribution in [0.5, 0.6) is 17.2 Å². The number of halogens is 1. The van der Waals surface area contributed by atoms with E-state index in [1.54, 1.807) is 30.3 Å². The number of nitrogens with zero attached hydrogens (tertiary/aromatic N) is 1. The van der Waals surface area contributed by atoms with Gasteiger partial charge in [-0.05, 0) is 29.8 Å². The normalized spacial score (nSPS) is 16.2. The molecule has 0 saturated heterocycles. The highest BCUT2D eigenvalue weighted by molar-refractivity contribution is 6.30. The number of aliphatic carboxylic acids is 1. The lowest BCUT2D eigenvalue weighted by Crippen LogP contribution is -2.34. The first-order valence-electron chi connectivity index (χ1n) is 9.00. The minimum absolute atomic E-state index is 0.0926. The van der Waals surface area contributed by atoms with Crippen LogP contribution in [0, 0.1) is 0 Å². The maximum atomic E-state index is 11.2. The lowest BCUT2D eigenvalue weighted by atomic mass is 9.93. The van der Waals surface area contributed by atoms with Crippen molar-refractivity contribution in [1.82, 2.24) is 4.98 Å². The molecular weight excluding hydrogens is 398 g/mol. The Morgan fingerprint density at radius 1 is 1.24 bits per heavy atom. The van der Waals surface area contributed by atoms with Crippen molar-refractivity contribution in [2.75, 3.05) is 13.2 Å². The molecule has 3 aromatic rings. The van der Waals surface area contributed by atoms with Gasteiger partial charge in [0, 0.05) is 11.1 Å². The summed E-state index contributed by atoms with van der Waals surface area (Å²) < 4.78 is 22.6. The van der Waals surface area contributed by atoms with Gasteiger partial charge < -0.3 is 23.7 Å². The van der Waals surface area contributed by atoms with E-state index < -0.39 is 11.9 Å². The molecule has 0 spiro atoms. The van der Waals surface area contributed by atoms with Gasteiger partial charge in [0.15, 0.2) is 24.0 Å². The summed E-state index contributed by atoms with van der Waals surface area (Å²) in [6.07, 6.45) is 2.46. The van der Waals surface area contributed by atoms with Crippen LogP contribution < -0.4 is 14.2 Å². The molecule has 0 aliphatic carbocycles. The van der Waals surface area contributed by atoms with Gasteiger partial charge in [-0.1, -0.05) is 23.7 Å². The van der Waals surface area contributed by atoms with Gasteiger partial charge in [-0.15, -0.1) is 0 Å². The smallest absolute Gasteiger partial charge is 0.304 e. The monoisotopic (exact) mass is 415 g/mol. The van der Waals surface area contributed by atoms with Crippen LogP contribution in [0.4, 0.5) is 0 Å². The summed E-state index contributed by atoms with van der Waals surface area (Å²) in [6, 6.07) is 12.4. The third-order valence-electron chi connectivity index (χ3n) is 4.52. The number of hydrogen-bond acceptors (Lipinski definition) is 6. The average molecular weight is 416 g/mol. The summed E-state index contributed by atoms with van der Waals surface area (Å²) >= 11 is 5.99. The SMILES string of the molecule is O=C(O)CC(c1ccc(OCC2COc3ccc(Cl)cc3O2)cc1)c1cnco1. The average Bonchev–Trinajstić information content (AvgIpc) is 3.25. The fourth-order valence-corrected chi connectivity index (χ4v) is 3.27. The molecule has 150 valence electrons. The molecule has 0 amide bonds. The predicted molar refractivity (Wildman–Crippen MR) is 104 cm³/mol. The van der Waals surface area contributed by atoms with Crippen LogP contribution in [0.3, 0.4) is 0 Å². The first kappa shape index (κ1) is 19.1. The third kappa shape index (κ3) is 4.63. The second-order valence-corrected chi connectivity index (χ2v) is 7.01. The van der Waals surface area contributed by atoms with Crippen molar-refractivity contribution in [2.24, 2.45) is 0 Å². The van der Waals surface area contributed by atoms with E-state index in [0.717, 1.165) is 5.56 Å². The minimum atomic E-state index is -0.915. The molecule has 2 aromatic carbocycles. The number of ether oxygens (including phenoxy) is 3. The van der Waals surface area contributed by atoms with E-state index in [0.29, 0.717) is 41.2 Å². The Bertz CT molecular complexity index is 973. The molecule has 1 aliphatic heterocycles. The fraction of sp³-hybridized carbons (Fsp3) is 0.238. The minimum Gasteiger partial charge on any atom is -0.490 e. The Labute approximate surface area is 171 Å². The van der Waals surface area contributed by atoms with Gasteiger partial charge in [-0.2, -0.15) is 0 Å². The number of aromatic nitrogens is 1. The molecule has 0 radical (unpaired) electrons. The Kier molecular flexibility index (Phi) is 5.57. The van der Waals surface area contributed by atoms with Crippen molar-refractivity contribution in [3.63, 3.8) is 0 Å². The van der Waals surface area contributed by atoms with Crippen LogP contribution in [-0.2, 0) is 4.79 Å². The quantitative estimate of drug-likeness (QED) is 0.619. The van der Waals surface area contributed by atoms with E-state index in [-0.39, 0.29) is 12.5 Å². The number of carbonyl (C=O) groups is 1. The molecule has 2 unspecified atom stereocenters. The Balaban J connectivity index is 1.39. The van der Waals surface area contributed by atoms with Gasteiger partial charge in [0.05, 0.1) is 18.5 Å². The summed E-state index contributed by atoms with van der Waals surface area (Å²) in [5.41, 5.74) is 0.803. The maximum absolute atomic E-state index is 11.2. The Morgan fingerprint density at radius 3 is 2.79 bits per heavy atom. The van der Waals surface area contributed by atoms with Gasteiger partial charge in [0.2, 0.25) is 0 Å². The molecule has 1 aliphatic rings. The number of fused-ring (bicyclic) bond motifs is 1. The maximum Gasteiger partial charge on any atom is 0.304 e. The second kappa shape index (κ2) is 8.45. The van der Waals surface area contributed by atoms with E-state index in [1.165, 1.54) is 12.6 Å². The Hall–Kier alpha value is -3.19. The number of carboxylic acids is 1. The van der Waals surface area contributed by atoms with Gasteiger partial charge in [0.25, 0.3) is 0 Å². The molecule has 2 heterocycles. The number of hydrogen-bond donors (Lipinski definition) is 1. The van der Waals surface area contributed by atoms with Crippen LogP contribution in [0.25, 0.3) is 0 Å². The first-order chi connectivity index (χ1) is 14.1. The van der Waals surface area contributed by atoms with Crippen molar-refractivity contribution in [1.29, 1.82) is 0 Å². The van der Waals surface area contributed by atoms with E-state index in [2.05, 4.69) is 4.98 Å². The highest BCUT2D eigenvalue weighted by atomic mass is 35.5. The van der Waals surface area contributed by atoms with E-state index >= 15 is 0 Å². The number of carboxylic acid groups (broad SMARTS) is 1. The van der Waals surface area contributed by atoms with Gasteiger partial charge in [-0.25, -0.2) is 4.98 Å². The molecule has 7 nitrogen and oxygen atoms in total. The number of rotatable bonds is 7. The van der Waals surface area contributed by atoms with E-state index in [1.807, 2.05) is 12.1 Å². The van der Waals surface area contributed by atoms with E-state index in [9.17, 15) is 9.90 Å². The lowest BCUT2D eigenvalue weighted by Gasteiger charge is -2.26. The van der Waals surface area contributed by atoms with Crippen molar-refractivity contribution >= 4 is 17.6 Å². The highest BCUT2D eigenvalue weighted by Crippen LogP contribution is 2.34. The molecule has 1 N–H and O–H groups in total. The number of oxazole rings is 1. The lowest BCUT2D eigenvalue weighted by molar-refractivity contribution is -0.137. The summed E-state index contributed by atoms with van der Waals surface area (Å²) in [5.74, 6) is 1.07. The summed E-state index contributed by atoms with van der Waals surface area (Å²) in [7, 11) is 0. The standard InChI is InChI=1S/C21H18ClNO6/c22-14-3-6-18-19(7-14)29-16(11-27-18)10-26-15-4-1-13(2-5-15)17(8-21(24)25)20-9-23-12-28-20/h1-7,9,12,16-17H,8,10-11H2,(H,24,25). The highest BCUT2D eigenvalue weighted by Gasteiger charge is 2.23. The Morgan fingerprint density at radius 2 is 2.07 bits per heavy atom. The van der Waals surface area contributed by atoms with Crippen LogP contribution in [-0.4, -0.2) is 35.4 Å². The molecule has 0 fully saturated rings. The predicted octanol–water partition coefficient (Wildman–Crippen LogP) is 4.15. The zero-order valence-electron chi connectivity index (χ0n) is 15.3. The van der Waals surface area contributed by atoms with Crippen LogP contribution >= 0.6 is 11.6 Å². The molecule has 29 heavy (non-hydrogen) atoms. The molecule has 1 aromatic heterocycles. The summed E-state index contributed by atoms with van der Waals surface area (Å²) in [6.45, 7) is 0.671. The van der Waals surface area contributed by atoms with Crippen molar-refractivity contribution in [2.45, 2.75) is 18.4 Å². The first-order valence-corrected chi connectivity index (χ1v) is 9.38. The second-order valence-electron chi connectivity index (χ2n) is 6.58. The largest absolute Gasteiger partial charge is 0.490 e. The van der Waals surface area contributed by atoms with Crippen molar-refractivity contribution < 1.29 is 28.5 Å². The molecule has 0 bridgehead atoms. The van der Waals surface area contributed by atoms with Crippen molar-refractivity contribution in [3.05, 3.63) is 71.4 Å². The van der Waals surface area contributed by atoms with Crippen LogP contribution in [0.2, 0.25) is 5.02 Å². The zero-order valence-corrected chi connectivity index (χ0v) is 16.0. The van der Waals surface area contributed by atoms with E-state index in [4.69, 9.17) is 30.2 Å². The molecule has 8 heteroatoms. The molecule has 0 saturated carbocycles.